The van der Waals surface area contributed by atoms with Crippen molar-refractivity contribution in [2.45, 2.75) is 45.2 Å². The Morgan fingerprint density at radius 3 is 2.36 bits per heavy atom. The number of hydrogen-bond donors (Lipinski definition) is 2. The molecule has 25 heavy (non-hydrogen) atoms. The molecule has 0 aliphatic carbocycles. The predicted octanol–water partition coefficient (Wildman–Crippen LogP) is 2.26. The lowest BCUT2D eigenvalue weighted by molar-refractivity contribution is -0.139. The van der Waals surface area contributed by atoms with Gasteiger partial charge in [-0.25, -0.2) is 8.42 Å². The van der Waals surface area contributed by atoms with Crippen LogP contribution in [0.1, 0.15) is 36.8 Å². The molecule has 0 spiro atoms. The van der Waals surface area contributed by atoms with Gasteiger partial charge in [0.05, 0.1) is 11.4 Å². The van der Waals surface area contributed by atoms with Gasteiger partial charge in [0.2, 0.25) is 10.0 Å². The van der Waals surface area contributed by atoms with Crippen molar-refractivity contribution >= 4 is 16.0 Å². The van der Waals surface area contributed by atoms with Gasteiger partial charge in [-0.3, -0.25) is 9.48 Å². The van der Waals surface area contributed by atoms with Crippen LogP contribution in [0.3, 0.4) is 0 Å². The van der Waals surface area contributed by atoms with Gasteiger partial charge in [-0.05, 0) is 25.3 Å². The second-order valence-corrected chi connectivity index (χ2v) is 8.03. The first-order chi connectivity index (χ1) is 11.6. The molecular weight excluding hydrogens is 342 g/mol. The van der Waals surface area contributed by atoms with E-state index in [-0.39, 0.29) is 4.90 Å². The molecule has 1 aromatic carbocycles. The van der Waals surface area contributed by atoms with Gasteiger partial charge in [0.15, 0.2) is 0 Å². The van der Waals surface area contributed by atoms with Crippen LogP contribution in [-0.4, -0.2) is 29.3 Å². The maximum atomic E-state index is 12.8. The molecule has 0 bridgehead atoms. The zero-order valence-electron chi connectivity index (χ0n) is 14.7. The van der Waals surface area contributed by atoms with Crippen molar-refractivity contribution in [3.63, 3.8) is 0 Å². The predicted molar refractivity (Wildman–Crippen MR) is 93.7 cm³/mol. The standard InChI is InChI=1S/C17H23N3O4S/c1-11(2)10-20-13(4)16(12(3)18-20)25(23,24)19-15(17(21)22)14-8-6-5-7-9-14/h5-9,11,15,19H,10H2,1-4H3,(H,21,22)/t15-/m0/s1. The number of aromatic nitrogens is 2. The molecule has 1 aromatic heterocycles. The zero-order chi connectivity index (χ0) is 18.8. The van der Waals surface area contributed by atoms with Crippen molar-refractivity contribution in [1.29, 1.82) is 0 Å². The summed E-state index contributed by atoms with van der Waals surface area (Å²) >= 11 is 0. The molecule has 0 saturated carbocycles. The van der Waals surface area contributed by atoms with E-state index in [9.17, 15) is 18.3 Å². The number of nitrogens with zero attached hydrogens (tertiary/aromatic N) is 2. The summed E-state index contributed by atoms with van der Waals surface area (Å²) in [7, 11) is -4.04. The summed E-state index contributed by atoms with van der Waals surface area (Å²) in [6.45, 7) is 7.90. The normalized spacial score (nSPS) is 13.2. The Morgan fingerprint density at radius 1 is 1.24 bits per heavy atom. The van der Waals surface area contributed by atoms with Crippen LogP contribution in [0.5, 0.6) is 0 Å². The highest BCUT2D eigenvalue weighted by molar-refractivity contribution is 7.89. The molecule has 8 heteroatoms. The minimum absolute atomic E-state index is 0.0373. The quantitative estimate of drug-likeness (QED) is 0.784. The molecule has 0 radical (unpaired) electrons. The lowest BCUT2D eigenvalue weighted by atomic mass is 10.1. The van der Waals surface area contributed by atoms with Gasteiger partial charge in [-0.1, -0.05) is 44.2 Å². The summed E-state index contributed by atoms with van der Waals surface area (Å²) < 4.78 is 29.6. The fourth-order valence-corrected chi connectivity index (χ4v) is 4.30. The zero-order valence-corrected chi connectivity index (χ0v) is 15.5. The van der Waals surface area contributed by atoms with Crippen LogP contribution in [0.25, 0.3) is 0 Å². The number of sulfonamides is 1. The van der Waals surface area contributed by atoms with Crippen molar-refractivity contribution in [1.82, 2.24) is 14.5 Å². The Balaban J connectivity index is 2.41. The summed E-state index contributed by atoms with van der Waals surface area (Å²) in [5.41, 5.74) is 1.21. The topological polar surface area (TPSA) is 101 Å². The third-order valence-electron chi connectivity index (χ3n) is 3.77. The molecule has 0 saturated heterocycles. The molecule has 0 aliphatic rings. The number of nitrogens with one attached hydrogen (secondary N) is 1. The molecule has 136 valence electrons. The van der Waals surface area contributed by atoms with Crippen LogP contribution in [0.2, 0.25) is 0 Å². The van der Waals surface area contributed by atoms with E-state index in [0.29, 0.717) is 29.4 Å². The van der Waals surface area contributed by atoms with E-state index in [1.807, 2.05) is 13.8 Å². The van der Waals surface area contributed by atoms with E-state index in [1.165, 1.54) is 0 Å². The molecule has 2 aromatic rings. The van der Waals surface area contributed by atoms with Crippen LogP contribution in [0, 0.1) is 19.8 Å². The average molecular weight is 365 g/mol. The van der Waals surface area contributed by atoms with E-state index in [1.54, 1.807) is 48.9 Å². The molecule has 1 heterocycles. The first kappa shape index (κ1) is 19.1. The van der Waals surface area contributed by atoms with Gasteiger partial charge in [0.25, 0.3) is 0 Å². The highest BCUT2D eigenvalue weighted by atomic mass is 32.2. The molecule has 2 rings (SSSR count). The van der Waals surface area contributed by atoms with Gasteiger partial charge in [0, 0.05) is 6.54 Å². The van der Waals surface area contributed by atoms with E-state index in [0.717, 1.165) is 0 Å². The summed E-state index contributed by atoms with van der Waals surface area (Å²) in [5, 5.41) is 13.7. The molecule has 7 nitrogen and oxygen atoms in total. The summed E-state index contributed by atoms with van der Waals surface area (Å²) in [5.74, 6) is -0.961. The third kappa shape index (κ3) is 4.26. The number of carboxylic acid groups (broad SMARTS) is 1. The fraction of sp³-hybridized carbons (Fsp3) is 0.412. The molecule has 0 fully saturated rings. The smallest absolute Gasteiger partial charge is 0.326 e. The van der Waals surface area contributed by atoms with Crippen LogP contribution in [-0.2, 0) is 21.4 Å². The average Bonchev–Trinajstić information content (AvgIpc) is 2.79. The number of carbonyl (C=O) groups is 1. The number of hydrogen-bond acceptors (Lipinski definition) is 4. The monoisotopic (exact) mass is 365 g/mol. The summed E-state index contributed by atoms with van der Waals surface area (Å²) in [4.78, 5) is 11.6. The van der Waals surface area contributed by atoms with E-state index in [4.69, 9.17) is 0 Å². The Kier molecular flexibility index (Phi) is 5.64. The van der Waals surface area contributed by atoms with E-state index in [2.05, 4.69) is 9.82 Å². The number of benzene rings is 1. The van der Waals surface area contributed by atoms with Gasteiger partial charge < -0.3 is 5.11 Å². The van der Waals surface area contributed by atoms with E-state index >= 15 is 0 Å². The number of rotatable bonds is 7. The molecule has 1 atom stereocenters. The molecule has 0 unspecified atom stereocenters. The third-order valence-corrected chi connectivity index (χ3v) is 5.45. The summed E-state index contributed by atoms with van der Waals surface area (Å²) in [6, 6.07) is 6.85. The summed E-state index contributed by atoms with van der Waals surface area (Å²) in [6.07, 6.45) is 0. The first-order valence-electron chi connectivity index (χ1n) is 7.97. The van der Waals surface area contributed by atoms with E-state index < -0.39 is 22.0 Å². The molecular formula is C17H23N3O4S. The van der Waals surface area contributed by atoms with Gasteiger partial charge in [-0.15, -0.1) is 0 Å². The highest BCUT2D eigenvalue weighted by Gasteiger charge is 2.31. The van der Waals surface area contributed by atoms with Crippen molar-refractivity contribution in [3.05, 3.63) is 47.3 Å². The number of aryl methyl sites for hydroxylation is 1. The second-order valence-electron chi connectivity index (χ2n) is 6.38. The van der Waals surface area contributed by atoms with Gasteiger partial charge in [-0.2, -0.15) is 9.82 Å². The van der Waals surface area contributed by atoms with Crippen LogP contribution >= 0.6 is 0 Å². The fourth-order valence-electron chi connectivity index (χ4n) is 2.71. The number of aliphatic carboxylic acids is 1. The van der Waals surface area contributed by atoms with Crippen LogP contribution < -0.4 is 4.72 Å². The van der Waals surface area contributed by atoms with Gasteiger partial charge in [0.1, 0.15) is 10.9 Å². The Morgan fingerprint density at radius 2 is 1.84 bits per heavy atom. The lowest BCUT2D eigenvalue weighted by Gasteiger charge is -2.15. The largest absolute Gasteiger partial charge is 0.480 e. The van der Waals surface area contributed by atoms with Crippen LogP contribution in [0.4, 0.5) is 0 Å². The van der Waals surface area contributed by atoms with Crippen molar-refractivity contribution in [2.75, 3.05) is 0 Å². The SMILES string of the molecule is Cc1nn(CC(C)C)c(C)c1S(=O)(=O)N[C@H](C(=O)O)c1ccccc1. The van der Waals surface area contributed by atoms with Crippen molar-refractivity contribution in [2.24, 2.45) is 5.92 Å². The second kappa shape index (κ2) is 7.37. The minimum atomic E-state index is -4.04. The molecule has 2 N–H and O–H groups in total. The van der Waals surface area contributed by atoms with Crippen molar-refractivity contribution < 1.29 is 18.3 Å². The Hall–Kier alpha value is -2.19. The maximum absolute atomic E-state index is 12.8. The Bertz CT molecular complexity index is 858. The van der Waals surface area contributed by atoms with Crippen molar-refractivity contribution in [3.8, 4) is 0 Å². The highest BCUT2D eigenvalue weighted by Crippen LogP contribution is 2.23. The molecule has 0 aliphatic heterocycles. The maximum Gasteiger partial charge on any atom is 0.326 e. The minimum Gasteiger partial charge on any atom is -0.480 e. The number of carboxylic acids is 1. The van der Waals surface area contributed by atoms with Gasteiger partial charge >= 0.3 is 5.97 Å². The Labute approximate surface area is 147 Å². The first-order valence-corrected chi connectivity index (χ1v) is 9.46. The lowest BCUT2D eigenvalue weighted by Crippen LogP contribution is -2.34. The molecule has 0 amide bonds. The van der Waals surface area contributed by atoms with Crippen LogP contribution in [0.15, 0.2) is 35.2 Å².